The summed E-state index contributed by atoms with van der Waals surface area (Å²) in [6.45, 7) is 1.92. The van der Waals surface area contributed by atoms with Crippen molar-refractivity contribution in [2.45, 2.75) is 64.7 Å². The van der Waals surface area contributed by atoms with Crippen molar-refractivity contribution in [1.29, 1.82) is 0 Å². The number of ketones is 1. The molecule has 0 saturated heterocycles. The smallest absolute Gasteiger partial charge is 0.132 e. The molecule has 82 valence electrons. The summed E-state index contributed by atoms with van der Waals surface area (Å²) in [6.07, 6.45) is 9.91. The van der Waals surface area contributed by atoms with Crippen LogP contribution in [-0.4, -0.2) is 12.1 Å². The molecule has 0 aromatic rings. The molecule has 0 unspecified atom stereocenters. The number of hydrogen-bond acceptors (Lipinski definition) is 2. The Bertz CT molecular complexity index is 152. The molecule has 0 N–H and O–H groups in total. The van der Waals surface area contributed by atoms with E-state index in [0.717, 1.165) is 38.4 Å². The Labute approximate surface area is 87.1 Å². The third-order valence-electron chi connectivity index (χ3n) is 2.42. The van der Waals surface area contributed by atoms with Crippen molar-refractivity contribution in [3.05, 3.63) is 0 Å². The minimum atomic E-state index is 0.381. The molecule has 0 amide bonds. The third kappa shape index (κ3) is 9.43. The lowest BCUT2D eigenvalue weighted by atomic mass is 10.1. The van der Waals surface area contributed by atoms with E-state index in [1.807, 2.05) is 6.92 Å². The number of carbonyl (C=O) groups is 2. The quantitative estimate of drug-likeness (QED) is 0.399. The van der Waals surface area contributed by atoms with Crippen molar-refractivity contribution in [2.24, 2.45) is 0 Å². The van der Waals surface area contributed by atoms with Gasteiger partial charge in [0, 0.05) is 19.3 Å². The summed E-state index contributed by atoms with van der Waals surface area (Å²) in [6, 6.07) is 0. The largest absolute Gasteiger partial charge is 0.303 e. The predicted molar refractivity (Wildman–Crippen MR) is 58.3 cm³/mol. The van der Waals surface area contributed by atoms with Crippen LogP contribution in [0, 0.1) is 0 Å². The van der Waals surface area contributed by atoms with Crippen LogP contribution in [-0.2, 0) is 9.59 Å². The van der Waals surface area contributed by atoms with Gasteiger partial charge in [0.2, 0.25) is 0 Å². The first kappa shape index (κ1) is 13.3. The van der Waals surface area contributed by atoms with Gasteiger partial charge in [0.25, 0.3) is 0 Å². The molecule has 0 aliphatic carbocycles. The number of unbranched alkanes of at least 4 members (excludes halogenated alkanes) is 6. The molecule has 0 atom stereocenters. The molecular formula is C12H22O2. The van der Waals surface area contributed by atoms with Gasteiger partial charge in [0.1, 0.15) is 12.1 Å². The van der Waals surface area contributed by atoms with E-state index in [1.54, 1.807) is 0 Å². The van der Waals surface area contributed by atoms with Crippen LogP contribution in [0.3, 0.4) is 0 Å². The zero-order valence-electron chi connectivity index (χ0n) is 9.26. The summed E-state index contributed by atoms with van der Waals surface area (Å²) in [5, 5.41) is 0. The molecule has 0 aromatic heterocycles. The van der Waals surface area contributed by atoms with Crippen LogP contribution in [0.2, 0.25) is 0 Å². The molecule has 0 fully saturated rings. The standard InChI is InChI=1S/C12H22O2/c1-2-12(14)10-8-6-4-3-5-7-9-11-13/h11H,2-10H2,1H3. The lowest BCUT2D eigenvalue weighted by Gasteiger charge is -1.99. The van der Waals surface area contributed by atoms with Crippen LogP contribution in [0.25, 0.3) is 0 Å². The van der Waals surface area contributed by atoms with Crippen LogP contribution < -0.4 is 0 Å². The van der Waals surface area contributed by atoms with Crippen LogP contribution in [0.5, 0.6) is 0 Å². The summed E-state index contributed by atoms with van der Waals surface area (Å²) in [7, 11) is 0. The van der Waals surface area contributed by atoms with Gasteiger partial charge in [-0.15, -0.1) is 0 Å². The minimum Gasteiger partial charge on any atom is -0.303 e. The Kier molecular flexibility index (Phi) is 9.93. The molecule has 0 radical (unpaired) electrons. The van der Waals surface area contributed by atoms with Crippen LogP contribution in [0.15, 0.2) is 0 Å². The average molecular weight is 198 g/mol. The zero-order valence-corrected chi connectivity index (χ0v) is 9.26. The number of Topliss-reactive ketones (excluding diaryl/α,β-unsaturated/α-hetero) is 1. The maximum atomic E-state index is 10.9. The fourth-order valence-corrected chi connectivity index (χ4v) is 1.43. The Morgan fingerprint density at radius 1 is 1.00 bits per heavy atom. The van der Waals surface area contributed by atoms with Crippen LogP contribution >= 0.6 is 0 Å². The van der Waals surface area contributed by atoms with Crippen molar-refractivity contribution in [2.75, 3.05) is 0 Å². The summed E-state index contributed by atoms with van der Waals surface area (Å²) < 4.78 is 0. The molecule has 0 saturated carbocycles. The molecule has 0 aliphatic rings. The van der Waals surface area contributed by atoms with Crippen molar-refractivity contribution < 1.29 is 9.59 Å². The summed E-state index contributed by atoms with van der Waals surface area (Å²) >= 11 is 0. The normalized spacial score (nSPS) is 10.1. The third-order valence-corrected chi connectivity index (χ3v) is 2.42. The number of rotatable bonds is 10. The molecule has 2 heteroatoms. The Morgan fingerprint density at radius 2 is 1.57 bits per heavy atom. The maximum absolute atomic E-state index is 10.9. The maximum Gasteiger partial charge on any atom is 0.132 e. The monoisotopic (exact) mass is 198 g/mol. The topological polar surface area (TPSA) is 34.1 Å². The lowest BCUT2D eigenvalue weighted by Crippen LogP contribution is -1.94. The highest BCUT2D eigenvalue weighted by Gasteiger charge is 1.97. The van der Waals surface area contributed by atoms with E-state index in [2.05, 4.69) is 0 Å². The van der Waals surface area contributed by atoms with E-state index < -0.39 is 0 Å². The molecular weight excluding hydrogens is 176 g/mol. The van der Waals surface area contributed by atoms with Crippen molar-refractivity contribution >= 4 is 12.1 Å². The number of hydrogen-bond donors (Lipinski definition) is 0. The predicted octanol–water partition coefficient (Wildman–Crippen LogP) is 3.29. The zero-order chi connectivity index (χ0) is 10.6. The van der Waals surface area contributed by atoms with Gasteiger partial charge in [0.05, 0.1) is 0 Å². The molecule has 0 aromatic carbocycles. The van der Waals surface area contributed by atoms with E-state index in [4.69, 9.17) is 0 Å². The lowest BCUT2D eigenvalue weighted by molar-refractivity contribution is -0.118. The van der Waals surface area contributed by atoms with E-state index in [9.17, 15) is 9.59 Å². The van der Waals surface area contributed by atoms with E-state index in [-0.39, 0.29) is 0 Å². The van der Waals surface area contributed by atoms with E-state index in [0.29, 0.717) is 18.6 Å². The van der Waals surface area contributed by atoms with Crippen molar-refractivity contribution in [3.8, 4) is 0 Å². The van der Waals surface area contributed by atoms with Gasteiger partial charge < -0.3 is 4.79 Å². The van der Waals surface area contributed by atoms with Crippen LogP contribution in [0.1, 0.15) is 64.7 Å². The highest BCUT2D eigenvalue weighted by atomic mass is 16.1. The molecule has 14 heavy (non-hydrogen) atoms. The highest BCUT2D eigenvalue weighted by Crippen LogP contribution is 2.08. The summed E-state index contributed by atoms with van der Waals surface area (Å²) in [4.78, 5) is 21.0. The average Bonchev–Trinajstić information content (AvgIpc) is 2.21. The van der Waals surface area contributed by atoms with E-state index in [1.165, 1.54) is 12.8 Å². The van der Waals surface area contributed by atoms with Gasteiger partial charge >= 0.3 is 0 Å². The first-order chi connectivity index (χ1) is 6.81. The van der Waals surface area contributed by atoms with E-state index >= 15 is 0 Å². The van der Waals surface area contributed by atoms with Crippen molar-refractivity contribution in [3.63, 3.8) is 0 Å². The summed E-state index contributed by atoms with van der Waals surface area (Å²) in [5.74, 6) is 0.381. The number of carbonyl (C=O) groups excluding carboxylic acids is 2. The van der Waals surface area contributed by atoms with Crippen molar-refractivity contribution in [1.82, 2.24) is 0 Å². The van der Waals surface area contributed by atoms with Gasteiger partial charge in [-0.25, -0.2) is 0 Å². The Balaban J connectivity index is 2.98. The summed E-state index contributed by atoms with van der Waals surface area (Å²) in [5.41, 5.74) is 0. The second kappa shape index (κ2) is 10.4. The first-order valence-corrected chi connectivity index (χ1v) is 5.76. The SMILES string of the molecule is CCC(=O)CCCCCCCCC=O. The molecule has 0 heterocycles. The first-order valence-electron chi connectivity index (χ1n) is 5.76. The minimum absolute atomic E-state index is 0.381. The van der Waals surface area contributed by atoms with Crippen LogP contribution in [0.4, 0.5) is 0 Å². The molecule has 0 spiro atoms. The fourth-order valence-electron chi connectivity index (χ4n) is 1.43. The number of aldehydes is 1. The second-order valence-corrected chi connectivity index (χ2v) is 3.72. The van der Waals surface area contributed by atoms with Gasteiger partial charge in [-0.1, -0.05) is 32.6 Å². The highest BCUT2D eigenvalue weighted by molar-refractivity contribution is 5.77. The van der Waals surface area contributed by atoms with Gasteiger partial charge in [-0.05, 0) is 12.8 Å². The molecule has 2 nitrogen and oxygen atoms in total. The Hall–Kier alpha value is -0.660. The van der Waals surface area contributed by atoms with Gasteiger partial charge in [0.15, 0.2) is 0 Å². The molecule has 0 rings (SSSR count). The Morgan fingerprint density at radius 3 is 2.14 bits per heavy atom. The fraction of sp³-hybridized carbons (Fsp3) is 0.833. The molecule has 0 aliphatic heterocycles. The van der Waals surface area contributed by atoms with Gasteiger partial charge in [-0.2, -0.15) is 0 Å². The second-order valence-electron chi connectivity index (χ2n) is 3.72. The van der Waals surface area contributed by atoms with Gasteiger partial charge in [-0.3, -0.25) is 4.79 Å². The molecule has 0 bridgehead atoms.